The SMILES string of the molecule is COc1ccccc1N1CCN(c2cc(Nc3ccc(F)cc3)c3c4c(onc24)-c2ccccc2C3=O)CC1. The maximum Gasteiger partial charge on any atom is 0.196 e. The van der Waals surface area contributed by atoms with E-state index in [2.05, 4.69) is 26.3 Å². The highest BCUT2D eigenvalue weighted by molar-refractivity contribution is 6.28. The molecule has 1 aromatic heterocycles. The molecule has 0 unspecified atom stereocenters. The van der Waals surface area contributed by atoms with Gasteiger partial charge in [0.25, 0.3) is 0 Å². The van der Waals surface area contributed by atoms with Gasteiger partial charge in [-0.2, -0.15) is 0 Å². The number of benzene rings is 4. The fraction of sp³-hybridized carbons (Fsp3) is 0.161. The van der Waals surface area contributed by atoms with Crippen LogP contribution in [-0.2, 0) is 0 Å². The normalized spacial score (nSPS) is 14.5. The lowest BCUT2D eigenvalue weighted by Crippen LogP contribution is -2.46. The lowest BCUT2D eigenvalue weighted by atomic mass is 9.86. The first-order valence-electron chi connectivity index (χ1n) is 12.9. The molecule has 0 atom stereocenters. The van der Waals surface area contributed by atoms with Crippen LogP contribution >= 0.6 is 0 Å². The van der Waals surface area contributed by atoms with E-state index >= 15 is 0 Å². The minimum Gasteiger partial charge on any atom is -0.495 e. The van der Waals surface area contributed by atoms with Crippen LogP contribution in [0.25, 0.3) is 22.2 Å². The number of ketones is 1. The summed E-state index contributed by atoms with van der Waals surface area (Å²) in [7, 11) is 1.69. The Kier molecular flexibility index (Phi) is 5.47. The third-order valence-corrected chi connectivity index (χ3v) is 7.55. The summed E-state index contributed by atoms with van der Waals surface area (Å²) in [6.45, 7) is 3.07. The first-order chi connectivity index (χ1) is 19.1. The van der Waals surface area contributed by atoms with E-state index in [9.17, 15) is 9.18 Å². The van der Waals surface area contributed by atoms with Crippen molar-refractivity contribution in [1.82, 2.24) is 5.16 Å². The Morgan fingerprint density at radius 3 is 2.28 bits per heavy atom. The number of nitrogens with zero attached hydrogens (tertiary/aromatic N) is 3. The number of halogens is 1. The van der Waals surface area contributed by atoms with Crippen molar-refractivity contribution in [3.05, 3.63) is 95.8 Å². The highest BCUT2D eigenvalue weighted by Crippen LogP contribution is 2.46. The van der Waals surface area contributed by atoms with Gasteiger partial charge in [0.2, 0.25) is 0 Å². The number of ether oxygens (including phenoxy) is 1. The van der Waals surface area contributed by atoms with Crippen molar-refractivity contribution in [3.63, 3.8) is 0 Å². The van der Waals surface area contributed by atoms with E-state index in [0.29, 0.717) is 39.2 Å². The molecule has 0 saturated carbocycles. The van der Waals surface area contributed by atoms with E-state index in [4.69, 9.17) is 9.26 Å². The Balaban J connectivity index is 1.32. The molecule has 7 rings (SSSR count). The molecular weight excluding hydrogens is 495 g/mol. The van der Waals surface area contributed by atoms with Gasteiger partial charge in [0.05, 0.1) is 35.1 Å². The van der Waals surface area contributed by atoms with Gasteiger partial charge < -0.3 is 24.4 Å². The quantitative estimate of drug-likeness (QED) is 0.288. The fourth-order valence-corrected chi connectivity index (χ4v) is 5.65. The average Bonchev–Trinajstić information content (AvgIpc) is 3.43. The number of hydrogen-bond donors (Lipinski definition) is 1. The van der Waals surface area contributed by atoms with Crippen LogP contribution in [0.15, 0.2) is 83.4 Å². The standard InChI is InChI=1S/C31H25FN4O3/c1-38-26-9-5-4-8-24(26)35-14-16-36(17-15-35)25-18-23(33-20-12-10-19(32)11-13-20)27-28-29(25)34-39-31(28)22-7-3-2-6-21(22)30(27)37/h2-13,18,33H,14-17H2,1H3. The van der Waals surface area contributed by atoms with Crippen LogP contribution in [0, 0.1) is 5.82 Å². The number of piperazine rings is 1. The minimum atomic E-state index is -0.322. The largest absolute Gasteiger partial charge is 0.495 e. The molecule has 1 saturated heterocycles. The van der Waals surface area contributed by atoms with Crippen LogP contribution in [0.5, 0.6) is 5.75 Å². The summed E-state index contributed by atoms with van der Waals surface area (Å²) >= 11 is 0. The molecule has 2 aliphatic rings. The zero-order valence-corrected chi connectivity index (χ0v) is 21.3. The van der Waals surface area contributed by atoms with Gasteiger partial charge in [-0.15, -0.1) is 0 Å². The van der Waals surface area contributed by atoms with Crippen molar-refractivity contribution in [1.29, 1.82) is 0 Å². The molecule has 1 aliphatic carbocycles. The van der Waals surface area contributed by atoms with Gasteiger partial charge in [0.15, 0.2) is 11.5 Å². The van der Waals surface area contributed by atoms with Gasteiger partial charge in [0, 0.05) is 43.0 Å². The number of fused-ring (bicyclic) bond motifs is 2. The van der Waals surface area contributed by atoms with Crippen LogP contribution in [0.2, 0.25) is 0 Å². The molecule has 194 valence electrons. The number of rotatable bonds is 5. The monoisotopic (exact) mass is 520 g/mol. The molecule has 7 nitrogen and oxygen atoms in total. The molecule has 4 aromatic carbocycles. The summed E-state index contributed by atoms with van der Waals surface area (Å²) < 4.78 is 25.1. The molecule has 2 heterocycles. The van der Waals surface area contributed by atoms with Crippen molar-refractivity contribution < 1.29 is 18.4 Å². The van der Waals surface area contributed by atoms with Gasteiger partial charge in [-0.25, -0.2) is 4.39 Å². The number of hydrogen-bond acceptors (Lipinski definition) is 7. The molecule has 0 amide bonds. The Labute approximate surface area is 224 Å². The molecule has 0 spiro atoms. The van der Waals surface area contributed by atoms with Gasteiger partial charge >= 0.3 is 0 Å². The number of nitrogens with one attached hydrogen (secondary N) is 1. The van der Waals surface area contributed by atoms with Gasteiger partial charge in [-0.3, -0.25) is 4.79 Å². The summed E-state index contributed by atoms with van der Waals surface area (Å²) in [5.41, 5.74) is 5.77. The Morgan fingerprint density at radius 2 is 1.54 bits per heavy atom. The van der Waals surface area contributed by atoms with E-state index in [1.807, 2.05) is 48.5 Å². The van der Waals surface area contributed by atoms with Crippen LogP contribution in [0.1, 0.15) is 15.9 Å². The molecule has 1 fully saturated rings. The van der Waals surface area contributed by atoms with Crippen LogP contribution in [0.4, 0.5) is 27.1 Å². The Morgan fingerprint density at radius 1 is 0.872 bits per heavy atom. The topological polar surface area (TPSA) is 70.8 Å². The molecule has 5 aromatic rings. The molecule has 1 N–H and O–H groups in total. The average molecular weight is 521 g/mol. The summed E-state index contributed by atoms with van der Waals surface area (Å²) in [5.74, 6) is 1.02. The van der Waals surface area contributed by atoms with E-state index in [1.165, 1.54) is 12.1 Å². The number of carbonyl (C=O) groups excluding carboxylic acids is 1. The number of aromatic nitrogens is 1. The van der Waals surface area contributed by atoms with Gasteiger partial charge in [-0.1, -0.05) is 41.6 Å². The molecule has 39 heavy (non-hydrogen) atoms. The predicted molar refractivity (Wildman–Crippen MR) is 150 cm³/mol. The van der Waals surface area contributed by atoms with E-state index in [1.54, 1.807) is 19.2 Å². The summed E-state index contributed by atoms with van der Waals surface area (Å²) in [6, 6.07) is 23.6. The Hall–Kier alpha value is -4.85. The van der Waals surface area contributed by atoms with Crippen LogP contribution in [0.3, 0.4) is 0 Å². The number of anilines is 4. The summed E-state index contributed by atoms with van der Waals surface area (Å²) in [6.07, 6.45) is 0. The number of para-hydroxylation sites is 2. The number of carbonyl (C=O) groups is 1. The van der Waals surface area contributed by atoms with Gasteiger partial charge in [0.1, 0.15) is 17.1 Å². The van der Waals surface area contributed by atoms with Crippen molar-refractivity contribution in [2.75, 3.05) is 48.4 Å². The predicted octanol–water partition coefficient (Wildman–Crippen LogP) is 6.26. The van der Waals surface area contributed by atoms with Crippen LogP contribution in [-0.4, -0.2) is 44.2 Å². The van der Waals surface area contributed by atoms with E-state index in [0.717, 1.165) is 48.9 Å². The fourth-order valence-electron chi connectivity index (χ4n) is 5.65. The zero-order valence-electron chi connectivity index (χ0n) is 21.3. The van der Waals surface area contributed by atoms with Crippen molar-refractivity contribution >= 4 is 39.4 Å². The third-order valence-electron chi connectivity index (χ3n) is 7.55. The summed E-state index contributed by atoms with van der Waals surface area (Å²) in [4.78, 5) is 18.4. The van der Waals surface area contributed by atoms with E-state index in [-0.39, 0.29) is 11.6 Å². The summed E-state index contributed by atoms with van der Waals surface area (Å²) in [5, 5.41) is 8.56. The highest BCUT2D eigenvalue weighted by Gasteiger charge is 2.34. The first-order valence-corrected chi connectivity index (χ1v) is 12.9. The van der Waals surface area contributed by atoms with E-state index < -0.39 is 0 Å². The van der Waals surface area contributed by atoms with Crippen molar-refractivity contribution in [3.8, 4) is 17.1 Å². The van der Waals surface area contributed by atoms with Gasteiger partial charge in [-0.05, 0) is 42.5 Å². The van der Waals surface area contributed by atoms with Crippen molar-refractivity contribution in [2.24, 2.45) is 0 Å². The second kappa shape index (κ2) is 9.16. The molecular formula is C31H25FN4O3. The Bertz CT molecular complexity index is 1720. The van der Waals surface area contributed by atoms with Crippen molar-refractivity contribution in [2.45, 2.75) is 0 Å². The molecule has 8 heteroatoms. The number of methoxy groups -OCH3 is 1. The zero-order chi connectivity index (χ0) is 26.5. The maximum absolute atomic E-state index is 13.8. The molecule has 1 aliphatic heterocycles. The lowest BCUT2D eigenvalue weighted by Gasteiger charge is -2.38. The second-order valence-corrected chi connectivity index (χ2v) is 9.71. The highest BCUT2D eigenvalue weighted by atomic mass is 19.1. The third kappa shape index (κ3) is 3.79. The molecule has 0 bridgehead atoms. The second-order valence-electron chi connectivity index (χ2n) is 9.71. The lowest BCUT2D eigenvalue weighted by molar-refractivity contribution is 0.104. The maximum atomic E-state index is 13.8. The molecule has 0 radical (unpaired) electrons. The minimum absolute atomic E-state index is 0.0940. The van der Waals surface area contributed by atoms with Crippen LogP contribution < -0.4 is 19.9 Å². The first kappa shape index (κ1) is 23.3. The smallest absolute Gasteiger partial charge is 0.196 e.